The summed E-state index contributed by atoms with van der Waals surface area (Å²) in [5.41, 5.74) is -2.74. The molecule has 4 N–H and O–H groups in total. The monoisotopic (exact) mass is 236 g/mol. The lowest BCUT2D eigenvalue weighted by molar-refractivity contribution is -0.191. The summed E-state index contributed by atoms with van der Waals surface area (Å²) in [6.07, 6.45) is -2.04. The lowest BCUT2D eigenvalue weighted by Gasteiger charge is -2.18. The molecule has 0 aliphatic carbocycles. The SMILES string of the molecule is O=C(O)CC(O)(CC(=O)O)C(=O)O.O=C=O. The van der Waals surface area contributed by atoms with Gasteiger partial charge in [-0.25, -0.2) is 4.79 Å². The normalized spacial score (nSPS) is 9.31. The van der Waals surface area contributed by atoms with Gasteiger partial charge in [0.1, 0.15) is 0 Å². The third kappa shape index (κ3) is 7.18. The van der Waals surface area contributed by atoms with Gasteiger partial charge in [0.25, 0.3) is 0 Å². The van der Waals surface area contributed by atoms with Crippen molar-refractivity contribution in [3.63, 3.8) is 0 Å². The molecular formula is C7H8O9. The number of rotatable bonds is 5. The van der Waals surface area contributed by atoms with Crippen LogP contribution in [-0.4, -0.2) is 50.1 Å². The Hall–Kier alpha value is -2.25. The quantitative estimate of drug-likeness (QED) is 0.429. The molecule has 0 atom stereocenters. The molecule has 0 bridgehead atoms. The molecular weight excluding hydrogens is 228 g/mol. The Labute approximate surface area is 87.9 Å². The van der Waals surface area contributed by atoms with Crippen LogP contribution < -0.4 is 0 Å². The van der Waals surface area contributed by atoms with Crippen LogP contribution in [0.25, 0.3) is 0 Å². The van der Waals surface area contributed by atoms with Crippen LogP contribution >= 0.6 is 0 Å². The molecule has 0 unspecified atom stereocenters. The molecule has 0 amide bonds. The van der Waals surface area contributed by atoms with Gasteiger partial charge in [-0.3, -0.25) is 9.59 Å². The molecule has 0 aromatic carbocycles. The second-order valence-corrected chi connectivity index (χ2v) is 2.56. The fraction of sp³-hybridized carbons (Fsp3) is 0.429. The molecule has 9 nitrogen and oxygen atoms in total. The molecule has 0 fully saturated rings. The predicted molar refractivity (Wildman–Crippen MR) is 42.1 cm³/mol. The van der Waals surface area contributed by atoms with E-state index in [4.69, 9.17) is 30.0 Å². The van der Waals surface area contributed by atoms with Crippen molar-refractivity contribution < 1.29 is 44.4 Å². The van der Waals surface area contributed by atoms with Gasteiger partial charge in [0.2, 0.25) is 0 Å². The van der Waals surface area contributed by atoms with E-state index in [9.17, 15) is 14.4 Å². The van der Waals surface area contributed by atoms with Gasteiger partial charge < -0.3 is 20.4 Å². The summed E-state index contributed by atoms with van der Waals surface area (Å²) in [5, 5.41) is 33.8. The lowest BCUT2D eigenvalue weighted by atomic mass is 9.96. The molecule has 0 heterocycles. The van der Waals surface area contributed by atoms with Crippen LogP contribution in [0.15, 0.2) is 0 Å². The van der Waals surface area contributed by atoms with Crippen LogP contribution in [0.4, 0.5) is 0 Å². The second kappa shape index (κ2) is 7.10. The fourth-order valence-corrected chi connectivity index (χ4v) is 0.714. The molecule has 0 aliphatic heterocycles. The van der Waals surface area contributed by atoms with Gasteiger partial charge in [-0.1, -0.05) is 0 Å². The minimum absolute atomic E-state index is 0.250. The van der Waals surface area contributed by atoms with Crippen molar-refractivity contribution in [2.45, 2.75) is 18.4 Å². The summed E-state index contributed by atoms with van der Waals surface area (Å²) in [5.74, 6) is -5.02. The van der Waals surface area contributed by atoms with Crippen LogP contribution in [0.5, 0.6) is 0 Å². The minimum Gasteiger partial charge on any atom is -0.481 e. The van der Waals surface area contributed by atoms with E-state index in [0.717, 1.165) is 0 Å². The Balaban J connectivity index is 0. The van der Waals surface area contributed by atoms with Crippen LogP contribution in [-0.2, 0) is 24.0 Å². The average Bonchev–Trinajstić information content (AvgIpc) is 2.01. The lowest BCUT2D eigenvalue weighted by Crippen LogP contribution is -2.42. The van der Waals surface area contributed by atoms with E-state index in [1.165, 1.54) is 0 Å². The summed E-state index contributed by atoms with van der Waals surface area (Å²) >= 11 is 0. The maximum atomic E-state index is 10.3. The zero-order valence-corrected chi connectivity index (χ0v) is 7.74. The summed E-state index contributed by atoms with van der Waals surface area (Å²) in [6, 6.07) is 0. The third-order valence-corrected chi connectivity index (χ3v) is 1.29. The zero-order chi connectivity index (χ0) is 13.4. The van der Waals surface area contributed by atoms with E-state index in [1.807, 2.05) is 0 Å². The number of carbonyl (C=O) groups excluding carboxylic acids is 2. The first-order chi connectivity index (χ1) is 7.19. The molecule has 9 heteroatoms. The van der Waals surface area contributed by atoms with E-state index in [-0.39, 0.29) is 6.15 Å². The Bertz CT molecular complexity index is 296. The zero-order valence-electron chi connectivity index (χ0n) is 7.74. The van der Waals surface area contributed by atoms with Gasteiger partial charge in [-0.05, 0) is 0 Å². The van der Waals surface area contributed by atoms with Gasteiger partial charge in [0.15, 0.2) is 5.60 Å². The molecule has 0 aromatic heterocycles. The number of carboxylic acid groups (broad SMARTS) is 3. The highest BCUT2D eigenvalue weighted by atomic mass is 16.4. The molecule has 0 saturated carbocycles. The van der Waals surface area contributed by atoms with Crippen LogP contribution in [0.3, 0.4) is 0 Å². The molecule has 0 rings (SSSR count). The number of hydrogen-bond acceptors (Lipinski definition) is 6. The van der Waals surface area contributed by atoms with Crippen molar-refractivity contribution in [1.82, 2.24) is 0 Å². The number of carbonyl (C=O) groups is 3. The van der Waals surface area contributed by atoms with Gasteiger partial charge in [-0.2, -0.15) is 9.59 Å². The van der Waals surface area contributed by atoms with Gasteiger partial charge in [-0.15, -0.1) is 0 Å². The van der Waals surface area contributed by atoms with Gasteiger partial charge in [0, 0.05) is 0 Å². The first-order valence-electron chi connectivity index (χ1n) is 3.58. The molecule has 0 spiro atoms. The smallest absolute Gasteiger partial charge is 0.373 e. The van der Waals surface area contributed by atoms with E-state index in [0.29, 0.717) is 0 Å². The fourth-order valence-electron chi connectivity index (χ4n) is 0.714. The first kappa shape index (κ1) is 16.2. The molecule has 0 aromatic rings. The van der Waals surface area contributed by atoms with E-state index in [2.05, 4.69) is 0 Å². The average molecular weight is 236 g/mol. The molecule has 90 valence electrons. The van der Waals surface area contributed by atoms with Crippen LogP contribution in [0, 0.1) is 0 Å². The Morgan fingerprint density at radius 1 is 0.938 bits per heavy atom. The number of aliphatic carboxylic acids is 3. The van der Waals surface area contributed by atoms with Crippen molar-refractivity contribution >= 4 is 24.1 Å². The van der Waals surface area contributed by atoms with Crippen LogP contribution in [0.2, 0.25) is 0 Å². The number of aliphatic hydroxyl groups is 1. The molecule has 0 aliphatic rings. The number of hydrogen-bond donors (Lipinski definition) is 4. The molecule has 16 heavy (non-hydrogen) atoms. The summed E-state index contributed by atoms with van der Waals surface area (Å²) in [7, 11) is 0. The highest BCUT2D eigenvalue weighted by Gasteiger charge is 2.40. The van der Waals surface area contributed by atoms with Crippen molar-refractivity contribution in [3.05, 3.63) is 0 Å². The maximum absolute atomic E-state index is 10.3. The maximum Gasteiger partial charge on any atom is 0.373 e. The van der Waals surface area contributed by atoms with Crippen molar-refractivity contribution in [2.75, 3.05) is 0 Å². The van der Waals surface area contributed by atoms with E-state index < -0.39 is 36.4 Å². The second-order valence-electron chi connectivity index (χ2n) is 2.56. The highest BCUT2D eigenvalue weighted by molar-refractivity contribution is 5.88. The Kier molecular flexibility index (Phi) is 7.18. The summed E-state index contributed by atoms with van der Waals surface area (Å²) in [6.45, 7) is 0. The van der Waals surface area contributed by atoms with Crippen molar-refractivity contribution in [1.29, 1.82) is 0 Å². The number of carboxylic acids is 3. The summed E-state index contributed by atoms with van der Waals surface area (Å²) in [4.78, 5) is 46.7. The van der Waals surface area contributed by atoms with E-state index in [1.54, 1.807) is 0 Å². The Morgan fingerprint density at radius 3 is 1.31 bits per heavy atom. The van der Waals surface area contributed by atoms with Gasteiger partial charge >= 0.3 is 24.1 Å². The Morgan fingerprint density at radius 2 is 1.19 bits per heavy atom. The molecule has 0 saturated heterocycles. The third-order valence-electron chi connectivity index (χ3n) is 1.29. The minimum atomic E-state index is -2.74. The summed E-state index contributed by atoms with van der Waals surface area (Å²) < 4.78 is 0. The van der Waals surface area contributed by atoms with Crippen molar-refractivity contribution in [2.24, 2.45) is 0 Å². The topological polar surface area (TPSA) is 166 Å². The highest BCUT2D eigenvalue weighted by Crippen LogP contribution is 2.15. The van der Waals surface area contributed by atoms with Crippen LogP contribution in [0.1, 0.15) is 12.8 Å². The predicted octanol–water partition coefficient (Wildman–Crippen LogP) is -1.83. The molecule has 0 radical (unpaired) electrons. The van der Waals surface area contributed by atoms with Crippen molar-refractivity contribution in [3.8, 4) is 0 Å². The van der Waals surface area contributed by atoms with E-state index >= 15 is 0 Å². The first-order valence-corrected chi connectivity index (χ1v) is 3.58. The van der Waals surface area contributed by atoms with Gasteiger partial charge in [0.05, 0.1) is 12.8 Å². The standard InChI is InChI=1S/C6H8O7.CO2/c7-3(8)1-6(13,5(11)12)2-4(9)10;2-1-3/h13H,1-2H2,(H,7,8)(H,9,10)(H,11,12);. The largest absolute Gasteiger partial charge is 0.481 e.